The molecule has 1 aromatic heterocycles. The number of hydrogen-bond donors (Lipinski definition) is 3. The van der Waals surface area contributed by atoms with Crippen LogP contribution in [0, 0.1) is 35.2 Å². The quantitative estimate of drug-likeness (QED) is 0.180. The van der Waals surface area contributed by atoms with Gasteiger partial charge in [-0.25, -0.2) is 18.0 Å². The van der Waals surface area contributed by atoms with Crippen molar-refractivity contribution in [3.8, 4) is 0 Å². The number of alkyl halides is 3. The third-order valence-electron chi connectivity index (χ3n) is 11.5. The van der Waals surface area contributed by atoms with Gasteiger partial charge in [-0.05, 0) is 82.8 Å². The number of rotatable bonds is 14. The van der Waals surface area contributed by atoms with Gasteiger partial charge in [0.05, 0.1) is 0 Å². The van der Waals surface area contributed by atoms with Crippen molar-refractivity contribution in [2.75, 3.05) is 13.1 Å². The lowest BCUT2D eigenvalue weighted by molar-refractivity contribution is -0.148. The van der Waals surface area contributed by atoms with Crippen LogP contribution >= 0.6 is 0 Å². The lowest BCUT2D eigenvalue weighted by Crippen LogP contribution is -2.59. The summed E-state index contributed by atoms with van der Waals surface area (Å²) < 4.78 is 89.6. The van der Waals surface area contributed by atoms with Crippen LogP contribution in [0.2, 0.25) is 0 Å². The van der Waals surface area contributed by atoms with Crippen molar-refractivity contribution in [2.45, 2.75) is 148 Å². The Morgan fingerprint density at radius 2 is 1.29 bits per heavy atom. The highest BCUT2D eigenvalue weighted by molar-refractivity contribution is 5.96. The zero-order chi connectivity index (χ0) is 46.7. The third kappa shape index (κ3) is 11.9. The molecule has 6 unspecified atom stereocenters. The van der Waals surface area contributed by atoms with Crippen molar-refractivity contribution in [1.82, 2.24) is 40.5 Å². The second-order valence-corrected chi connectivity index (χ2v) is 18.2. The molecular formula is C42H56F6N8O7. The first-order valence-electron chi connectivity index (χ1n) is 21.2. The van der Waals surface area contributed by atoms with E-state index in [1.807, 2.05) is 0 Å². The Hall–Kier alpha value is -5.24. The summed E-state index contributed by atoms with van der Waals surface area (Å²) in [4.78, 5) is 85.0. The summed E-state index contributed by atoms with van der Waals surface area (Å²) in [6, 6.07) is -4.52. The van der Waals surface area contributed by atoms with Crippen LogP contribution in [0.3, 0.4) is 0 Å². The van der Waals surface area contributed by atoms with E-state index in [2.05, 4.69) is 26.1 Å². The molecule has 4 heterocycles. The topological polar surface area (TPSA) is 185 Å². The highest BCUT2D eigenvalue weighted by Crippen LogP contribution is 2.32. The van der Waals surface area contributed by atoms with Crippen molar-refractivity contribution >= 4 is 35.5 Å². The summed E-state index contributed by atoms with van der Waals surface area (Å²) in [6.45, 7) is 12.0. The molecule has 2 saturated heterocycles. The lowest BCUT2D eigenvalue weighted by atomic mass is 9.88. The first-order chi connectivity index (χ1) is 29.4. The van der Waals surface area contributed by atoms with Crippen LogP contribution in [0.1, 0.15) is 104 Å². The molecule has 0 spiro atoms. The largest absolute Gasteiger partial charge is 0.451 e. The van der Waals surface area contributed by atoms with Crippen molar-refractivity contribution in [2.24, 2.45) is 17.8 Å². The number of hydrogen-bond acceptors (Lipinski definition) is 9. The summed E-state index contributed by atoms with van der Waals surface area (Å²) in [7, 11) is 0. The smallest absolute Gasteiger partial charge is 0.444 e. The molecule has 21 heteroatoms. The SMILES string of the molecule is CC(C)C(NC(=O)OC(C)(C)C)C(=O)N1CCCC1C(=O)NC(C(=O)N1CCCC1C(=O)NC(CC(=O)C1CCn2c(nnc2C(F)(F)F)C1)Cc1cc(F)c(F)cc1F)C(C)C. The van der Waals surface area contributed by atoms with Gasteiger partial charge < -0.3 is 35.1 Å². The van der Waals surface area contributed by atoms with Gasteiger partial charge in [-0.1, -0.05) is 27.7 Å². The molecule has 3 N–H and O–H groups in total. The van der Waals surface area contributed by atoms with E-state index < -0.39 is 125 Å². The molecule has 6 atom stereocenters. The Labute approximate surface area is 361 Å². The number of ether oxygens (including phenoxy) is 1. The number of likely N-dealkylation sites (tertiary alicyclic amines) is 2. The number of halogens is 6. The van der Waals surface area contributed by atoms with Gasteiger partial charge in [0.2, 0.25) is 29.5 Å². The maximum atomic E-state index is 14.9. The molecule has 0 radical (unpaired) electrons. The minimum Gasteiger partial charge on any atom is -0.444 e. The monoisotopic (exact) mass is 898 g/mol. The molecule has 5 amide bonds. The van der Waals surface area contributed by atoms with Crippen LogP contribution in [-0.2, 0) is 54.3 Å². The first-order valence-corrected chi connectivity index (χ1v) is 21.2. The molecule has 348 valence electrons. The number of ketones is 1. The zero-order valence-electron chi connectivity index (χ0n) is 36.4. The van der Waals surface area contributed by atoms with Crippen molar-refractivity contribution < 1.29 is 59.8 Å². The average molecular weight is 899 g/mol. The fraction of sp³-hybridized carbons (Fsp3) is 0.667. The Bertz CT molecular complexity index is 2050. The second kappa shape index (κ2) is 19.7. The molecule has 2 aromatic rings. The number of fused-ring (bicyclic) bond motifs is 1. The number of nitrogens with one attached hydrogen (secondary N) is 3. The predicted molar refractivity (Wildman–Crippen MR) is 213 cm³/mol. The maximum Gasteiger partial charge on any atom is 0.451 e. The molecular weight excluding hydrogens is 842 g/mol. The molecule has 0 bridgehead atoms. The third-order valence-corrected chi connectivity index (χ3v) is 11.5. The number of nitrogens with zero attached hydrogens (tertiary/aromatic N) is 5. The molecule has 2 fully saturated rings. The van der Waals surface area contributed by atoms with Gasteiger partial charge in [-0.2, -0.15) is 13.2 Å². The molecule has 15 nitrogen and oxygen atoms in total. The molecule has 0 aliphatic carbocycles. The van der Waals surface area contributed by atoms with E-state index in [1.165, 1.54) is 9.80 Å². The van der Waals surface area contributed by atoms with E-state index in [0.717, 1.165) is 4.57 Å². The minimum absolute atomic E-state index is 0.0194. The molecule has 5 rings (SSSR count). The highest BCUT2D eigenvalue weighted by Gasteiger charge is 2.44. The van der Waals surface area contributed by atoms with Crippen LogP contribution in [0.25, 0.3) is 0 Å². The van der Waals surface area contributed by atoms with Crippen LogP contribution in [-0.4, -0.2) is 109 Å². The normalized spacial score (nSPS) is 20.6. The number of amides is 5. The fourth-order valence-corrected chi connectivity index (χ4v) is 8.35. The summed E-state index contributed by atoms with van der Waals surface area (Å²) in [5.74, 6) is -9.86. The standard InChI is InChI=1S/C42H56F6N8O7/c1-21(2)33(50-36(59)30-11-9-14-55(30)38(61)34(22(3)4)51-40(62)63-41(5,6)7)37(60)54-13-8-10-29(54)35(58)49-25(16-24-17-27(44)28(45)20-26(24)43)19-31(57)23-12-15-56-32(18-23)52-53-39(56)42(46,47)48/h17,20-23,25,29-30,33-34H,8-16,18-19H2,1-7H3,(H,49,58)(H,50,59)(H,51,62). The first kappa shape index (κ1) is 48.8. The fourth-order valence-electron chi connectivity index (χ4n) is 8.35. The number of alkyl carbamates (subject to hydrolysis) is 1. The number of aromatic nitrogens is 3. The summed E-state index contributed by atoms with van der Waals surface area (Å²) >= 11 is 0. The molecule has 63 heavy (non-hydrogen) atoms. The van der Waals surface area contributed by atoms with E-state index in [1.54, 1.807) is 48.5 Å². The van der Waals surface area contributed by atoms with Gasteiger partial charge in [-0.3, -0.25) is 24.0 Å². The van der Waals surface area contributed by atoms with E-state index in [-0.39, 0.29) is 62.6 Å². The lowest BCUT2D eigenvalue weighted by Gasteiger charge is -2.34. The highest BCUT2D eigenvalue weighted by atomic mass is 19.4. The summed E-state index contributed by atoms with van der Waals surface area (Å²) in [5.41, 5.74) is -1.17. The Balaban J connectivity index is 1.30. The van der Waals surface area contributed by atoms with E-state index in [9.17, 15) is 55.1 Å². The van der Waals surface area contributed by atoms with Crippen molar-refractivity contribution in [3.05, 3.63) is 46.8 Å². The zero-order valence-corrected chi connectivity index (χ0v) is 36.4. The van der Waals surface area contributed by atoms with Gasteiger partial charge >= 0.3 is 12.3 Å². The number of Topliss-reactive ketones (excluding diaryl/α,β-unsaturated/α-hetero) is 1. The predicted octanol–water partition coefficient (Wildman–Crippen LogP) is 4.64. The van der Waals surface area contributed by atoms with Crippen LogP contribution in [0.4, 0.5) is 31.1 Å². The van der Waals surface area contributed by atoms with Gasteiger partial charge in [0.1, 0.15) is 47.2 Å². The van der Waals surface area contributed by atoms with E-state index in [4.69, 9.17) is 4.74 Å². The van der Waals surface area contributed by atoms with Gasteiger partial charge in [0.15, 0.2) is 11.6 Å². The van der Waals surface area contributed by atoms with Crippen LogP contribution < -0.4 is 16.0 Å². The maximum absolute atomic E-state index is 14.9. The van der Waals surface area contributed by atoms with Crippen molar-refractivity contribution in [3.63, 3.8) is 0 Å². The van der Waals surface area contributed by atoms with Crippen LogP contribution in [0.5, 0.6) is 0 Å². The molecule has 1 aromatic carbocycles. The minimum atomic E-state index is -4.76. The summed E-state index contributed by atoms with van der Waals surface area (Å²) in [6.07, 6.45) is -5.40. The van der Waals surface area contributed by atoms with Gasteiger partial charge in [0.25, 0.3) is 0 Å². The molecule has 3 aliphatic rings. The molecule has 0 saturated carbocycles. The average Bonchev–Trinajstić information content (AvgIpc) is 3.96. The van der Waals surface area contributed by atoms with Crippen molar-refractivity contribution in [1.29, 1.82) is 0 Å². The van der Waals surface area contributed by atoms with Gasteiger partial charge in [-0.15, -0.1) is 10.2 Å². The van der Waals surface area contributed by atoms with Gasteiger partial charge in [0, 0.05) is 50.5 Å². The Morgan fingerprint density at radius 1 is 0.746 bits per heavy atom. The number of carbonyl (C=O) groups is 6. The Kier molecular flexibility index (Phi) is 15.2. The second-order valence-electron chi connectivity index (χ2n) is 18.2. The number of carbonyl (C=O) groups excluding carboxylic acids is 6. The van der Waals surface area contributed by atoms with E-state index in [0.29, 0.717) is 25.0 Å². The van der Waals surface area contributed by atoms with E-state index >= 15 is 0 Å². The summed E-state index contributed by atoms with van der Waals surface area (Å²) in [5, 5.41) is 15.0. The molecule has 3 aliphatic heterocycles. The Morgan fingerprint density at radius 3 is 1.83 bits per heavy atom. The number of benzene rings is 1. The van der Waals surface area contributed by atoms with Crippen LogP contribution in [0.15, 0.2) is 12.1 Å².